The smallest absolute Gasteiger partial charge is 0.123 e. The largest absolute Gasteiger partial charge is 0.207 e. The van der Waals surface area contributed by atoms with Gasteiger partial charge in [0.05, 0.1) is 0 Å². The van der Waals surface area contributed by atoms with E-state index in [1.807, 2.05) is 18.2 Å². The zero-order valence-corrected chi connectivity index (χ0v) is 18.3. The number of allylic oxidation sites excluding steroid dienone is 4. The monoisotopic (exact) mass is 400 g/mol. The summed E-state index contributed by atoms with van der Waals surface area (Å²) in [6.07, 6.45) is 0. The summed E-state index contributed by atoms with van der Waals surface area (Å²) in [4.78, 5) is 0. The average molecular weight is 400 g/mol. The second-order valence-corrected chi connectivity index (χ2v) is 9.92. The van der Waals surface area contributed by atoms with E-state index >= 15 is 0 Å². The highest BCUT2D eigenvalue weighted by atomic mass is 31.1. The van der Waals surface area contributed by atoms with Crippen molar-refractivity contribution in [3.05, 3.63) is 107 Å². The molecule has 0 aliphatic heterocycles. The van der Waals surface area contributed by atoms with Crippen molar-refractivity contribution in [1.82, 2.24) is 0 Å². The van der Waals surface area contributed by atoms with E-state index in [1.54, 1.807) is 12.1 Å². The van der Waals surface area contributed by atoms with Gasteiger partial charge in [0.2, 0.25) is 0 Å². The normalized spacial score (nSPS) is 16.8. The Kier molecular flexibility index (Phi) is 5.52. The molecule has 0 amide bonds. The first-order valence-corrected chi connectivity index (χ1v) is 11.4. The lowest BCUT2D eigenvalue weighted by atomic mass is 9.92. The molecule has 0 fully saturated rings. The summed E-state index contributed by atoms with van der Waals surface area (Å²) in [5, 5.41) is 3.58. The van der Waals surface area contributed by atoms with Crippen LogP contribution >= 0.6 is 7.92 Å². The molecule has 0 heterocycles. The van der Waals surface area contributed by atoms with Gasteiger partial charge in [0, 0.05) is 5.92 Å². The third-order valence-corrected chi connectivity index (χ3v) is 8.64. The van der Waals surface area contributed by atoms with Crippen molar-refractivity contribution < 1.29 is 4.39 Å². The Hall–Kier alpha value is -2.50. The zero-order chi connectivity index (χ0) is 20.5. The van der Waals surface area contributed by atoms with Gasteiger partial charge in [-0.05, 0) is 79.0 Å². The van der Waals surface area contributed by atoms with Crippen molar-refractivity contribution >= 4 is 29.4 Å². The molecule has 0 saturated carbocycles. The molecule has 0 bridgehead atoms. The highest BCUT2D eigenvalue weighted by Gasteiger charge is 2.29. The maximum absolute atomic E-state index is 14.6. The van der Waals surface area contributed by atoms with Crippen molar-refractivity contribution in [2.24, 2.45) is 5.92 Å². The van der Waals surface area contributed by atoms with Crippen LogP contribution in [0.5, 0.6) is 0 Å². The summed E-state index contributed by atoms with van der Waals surface area (Å²) in [6.45, 7) is 8.90. The molecule has 1 atom stereocenters. The second-order valence-electron chi connectivity index (χ2n) is 7.74. The molecule has 29 heavy (non-hydrogen) atoms. The van der Waals surface area contributed by atoms with Crippen LogP contribution in [0.2, 0.25) is 0 Å². The SMILES string of the molecule is CC1=C(C)C(C)C(c2ccc(F)cc2P(c2ccccc2)c2ccccc2)=C1C. The summed E-state index contributed by atoms with van der Waals surface area (Å²) in [6, 6.07) is 26.4. The van der Waals surface area contributed by atoms with Gasteiger partial charge >= 0.3 is 0 Å². The number of halogens is 1. The molecule has 3 aromatic carbocycles. The van der Waals surface area contributed by atoms with E-state index in [9.17, 15) is 4.39 Å². The van der Waals surface area contributed by atoms with Crippen LogP contribution in [-0.2, 0) is 0 Å². The Balaban J connectivity index is 1.97. The van der Waals surface area contributed by atoms with Crippen LogP contribution in [-0.4, -0.2) is 0 Å². The summed E-state index contributed by atoms with van der Waals surface area (Å²) in [7, 11) is -0.858. The van der Waals surface area contributed by atoms with Crippen LogP contribution in [0.25, 0.3) is 5.57 Å². The molecule has 0 saturated heterocycles. The molecule has 3 aromatic rings. The van der Waals surface area contributed by atoms with Crippen molar-refractivity contribution in [1.29, 1.82) is 0 Å². The Labute approximate surface area is 174 Å². The van der Waals surface area contributed by atoms with Gasteiger partial charge in [-0.2, -0.15) is 0 Å². The molecule has 1 aliphatic carbocycles. The fourth-order valence-corrected chi connectivity index (χ4v) is 6.78. The number of rotatable bonds is 4. The number of hydrogen-bond donors (Lipinski definition) is 0. The van der Waals surface area contributed by atoms with Crippen molar-refractivity contribution in [3.63, 3.8) is 0 Å². The van der Waals surface area contributed by atoms with E-state index in [2.05, 4.69) is 76.2 Å². The van der Waals surface area contributed by atoms with Crippen LogP contribution in [0.3, 0.4) is 0 Å². The Bertz CT molecular complexity index is 1050. The quantitative estimate of drug-likeness (QED) is 0.448. The fraction of sp³-hybridized carbons (Fsp3) is 0.185. The highest BCUT2D eigenvalue weighted by Crippen LogP contribution is 2.45. The molecule has 0 nitrogen and oxygen atoms in total. The van der Waals surface area contributed by atoms with Crippen molar-refractivity contribution in [2.45, 2.75) is 27.7 Å². The van der Waals surface area contributed by atoms with Gasteiger partial charge in [0.1, 0.15) is 5.82 Å². The summed E-state index contributed by atoms with van der Waals surface area (Å²) >= 11 is 0. The maximum atomic E-state index is 14.6. The third kappa shape index (κ3) is 3.61. The molecule has 0 radical (unpaired) electrons. The Morgan fingerprint density at radius 3 is 1.76 bits per heavy atom. The van der Waals surface area contributed by atoms with E-state index in [4.69, 9.17) is 0 Å². The molecule has 0 spiro atoms. The van der Waals surface area contributed by atoms with E-state index < -0.39 is 7.92 Å². The Morgan fingerprint density at radius 2 is 1.28 bits per heavy atom. The molecule has 4 rings (SSSR count). The predicted molar refractivity (Wildman–Crippen MR) is 125 cm³/mol. The lowest BCUT2D eigenvalue weighted by molar-refractivity contribution is 0.629. The first-order chi connectivity index (χ1) is 14.0. The molecular formula is C27H26FP. The standard InChI is InChI=1S/C27H26FP/c1-18-19(2)21(4)27(20(18)3)25-16-15-22(28)17-26(25)29(23-11-7-5-8-12-23)24-13-9-6-10-14-24/h5-17,20H,1-4H3. The average Bonchev–Trinajstić information content (AvgIpc) is 2.93. The zero-order valence-electron chi connectivity index (χ0n) is 17.4. The lowest BCUT2D eigenvalue weighted by Gasteiger charge is -2.25. The van der Waals surface area contributed by atoms with E-state index in [0.29, 0.717) is 5.92 Å². The fourth-order valence-electron chi connectivity index (χ4n) is 4.30. The first kappa shape index (κ1) is 19.8. The molecular weight excluding hydrogens is 374 g/mol. The molecule has 146 valence electrons. The van der Waals surface area contributed by atoms with Crippen LogP contribution in [0.1, 0.15) is 33.3 Å². The van der Waals surface area contributed by atoms with Gasteiger partial charge in [-0.15, -0.1) is 0 Å². The molecule has 0 N–H and O–H groups in total. The van der Waals surface area contributed by atoms with Crippen LogP contribution in [0.4, 0.5) is 4.39 Å². The Morgan fingerprint density at radius 1 is 0.724 bits per heavy atom. The predicted octanol–water partition coefficient (Wildman–Crippen LogP) is 6.34. The topological polar surface area (TPSA) is 0 Å². The molecule has 2 heteroatoms. The molecule has 1 aliphatic rings. The van der Waals surface area contributed by atoms with Crippen molar-refractivity contribution in [3.8, 4) is 0 Å². The molecule has 0 aromatic heterocycles. The highest BCUT2D eigenvalue weighted by molar-refractivity contribution is 7.80. The minimum absolute atomic E-state index is 0.173. The van der Waals surface area contributed by atoms with Gasteiger partial charge in [0.15, 0.2) is 0 Å². The van der Waals surface area contributed by atoms with Crippen LogP contribution in [0, 0.1) is 11.7 Å². The van der Waals surface area contributed by atoms with Crippen LogP contribution < -0.4 is 15.9 Å². The second kappa shape index (κ2) is 8.09. The maximum Gasteiger partial charge on any atom is 0.123 e. The van der Waals surface area contributed by atoms with E-state index in [-0.39, 0.29) is 5.82 Å². The van der Waals surface area contributed by atoms with Gasteiger partial charge in [-0.3, -0.25) is 0 Å². The number of hydrogen-bond acceptors (Lipinski definition) is 0. The minimum Gasteiger partial charge on any atom is -0.207 e. The first-order valence-electron chi connectivity index (χ1n) is 10.1. The van der Waals surface area contributed by atoms with E-state index in [1.165, 1.54) is 38.5 Å². The molecule has 1 unspecified atom stereocenters. The van der Waals surface area contributed by atoms with E-state index in [0.717, 1.165) is 5.30 Å². The summed E-state index contributed by atoms with van der Waals surface area (Å²) in [5.41, 5.74) is 6.64. The summed E-state index contributed by atoms with van der Waals surface area (Å²) in [5.74, 6) is 0.177. The van der Waals surface area contributed by atoms with Gasteiger partial charge in [-0.25, -0.2) is 4.39 Å². The van der Waals surface area contributed by atoms with Crippen molar-refractivity contribution in [2.75, 3.05) is 0 Å². The lowest BCUT2D eigenvalue weighted by Crippen LogP contribution is -2.24. The van der Waals surface area contributed by atoms with Gasteiger partial charge < -0.3 is 0 Å². The minimum atomic E-state index is -0.858. The van der Waals surface area contributed by atoms with Crippen LogP contribution in [0.15, 0.2) is 95.6 Å². The van der Waals surface area contributed by atoms with Gasteiger partial charge in [0.25, 0.3) is 0 Å². The third-order valence-electron chi connectivity index (χ3n) is 6.16. The summed E-state index contributed by atoms with van der Waals surface area (Å²) < 4.78 is 14.6. The number of benzene rings is 3. The van der Waals surface area contributed by atoms with Gasteiger partial charge in [-0.1, -0.05) is 79.2 Å².